The van der Waals surface area contributed by atoms with Crippen molar-refractivity contribution in [3.05, 3.63) is 384 Å². The zero-order valence-electron chi connectivity index (χ0n) is 52.3. The number of nitrogens with zero attached hydrogens (tertiary/aromatic N) is 3. The summed E-state index contributed by atoms with van der Waals surface area (Å²) in [7, 11) is 0. The Labute approximate surface area is 557 Å². The molecule has 0 unspecified atom stereocenters. The zero-order valence-corrected chi connectivity index (χ0v) is 52.3. The molecule has 2 aliphatic heterocycles. The van der Waals surface area contributed by atoms with Crippen molar-refractivity contribution < 1.29 is 0 Å². The maximum atomic E-state index is 2.82. The van der Waals surface area contributed by atoms with Crippen LogP contribution in [-0.4, -0.2) is 11.3 Å². The minimum absolute atomic E-state index is 0.222. The van der Waals surface area contributed by atoms with E-state index in [4.69, 9.17) is 0 Å². The number of anilines is 6. The molecule has 0 saturated heterocycles. The van der Waals surface area contributed by atoms with E-state index in [9.17, 15) is 0 Å². The van der Waals surface area contributed by atoms with E-state index in [0.717, 1.165) is 45.2 Å². The van der Waals surface area contributed by atoms with Gasteiger partial charge in [0.05, 0.1) is 33.2 Å². The molecule has 4 aliphatic carbocycles. The lowest BCUT2D eigenvalue weighted by atomic mass is 9.33. The predicted molar refractivity (Wildman–Crippen MR) is 398 cm³/mol. The van der Waals surface area contributed by atoms with Gasteiger partial charge in [-0.15, -0.1) is 0 Å². The van der Waals surface area contributed by atoms with Gasteiger partial charge in [0.1, 0.15) is 0 Å². The van der Waals surface area contributed by atoms with Gasteiger partial charge in [0, 0.05) is 50.3 Å². The van der Waals surface area contributed by atoms with Gasteiger partial charge in [0.2, 0.25) is 0 Å². The van der Waals surface area contributed by atoms with Gasteiger partial charge in [-0.05, 0) is 165 Å². The molecule has 1 aromatic heterocycles. The van der Waals surface area contributed by atoms with Gasteiger partial charge in [-0.1, -0.05) is 291 Å². The molecule has 3 heterocycles. The fourth-order valence-electron chi connectivity index (χ4n) is 19.1. The molecule has 15 aromatic carbocycles. The summed E-state index contributed by atoms with van der Waals surface area (Å²) in [6.45, 7) is -0.222. The first kappa shape index (κ1) is 52.3. The molecule has 0 fully saturated rings. The van der Waals surface area contributed by atoms with Crippen LogP contribution in [0.4, 0.5) is 34.1 Å². The smallest absolute Gasteiger partial charge is 0.252 e. The summed E-state index contributed by atoms with van der Waals surface area (Å²) < 4.78 is 2.55. The molecule has 2 spiro atoms. The molecule has 0 saturated carbocycles. The standard InChI is InChI=1S/C92H56BN3/c1-3-24-57(25-4-1)59-46-49-61(50-47-59)94-83-53-48-60(58-26-5-2-6-27-58)54-80(83)93-79-52-51-78-87(71-35-12-20-42-77(71)91(78)72-37-15-7-28-63(72)64-29-8-16-38-73(64)91)90(79)96(86-56-62(55-85(94)89(86)93)95-81-43-21-13-33-68(81)69-34-14-22-44-82(69)95)84-45-23-36-70-67-32-11-19-41-76(67)92(88(70)84)74-39-17-9-30-65(74)66-31-10-18-40-75(66)92/h1-56H. The monoisotopic (exact) mass is 1210 g/mol. The Morgan fingerprint density at radius 1 is 0.250 bits per heavy atom. The Balaban J connectivity index is 0.936. The van der Waals surface area contributed by atoms with E-state index in [2.05, 4.69) is 354 Å². The fourth-order valence-corrected chi connectivity index (χ4v) is 19.1. The van der Waals surface area contributed by atoms with Gasteiger partial charge in [0.15, 0.2) is 0 Å². The van der Waals surface area contributed by atoms with Gasteiger partial charge in [0.25, 0.3) is 6.71 Å². The quantitative estimate of drug-likeness (QED) is 0.159. The fraction of sp³-hybridized carbons (Fsp3) is 0.0217. The highest BCUT2D eigenvalue weighted by Crippen LogP contribution is 2.69. The average Bonchev–Trinajstić information content (AvgIpc) is 1.45. The van der Waals surface area contributed by atoms with Gasteiger partial charge >= 0.3 is 0 Å². The van der Waals surface area contributed by atoms with E-state index in [1.807, 2.05) is 0 Å². The van der Waals surface area contributed by atoms with Gasteiger partial charge < -0.3 is 14.4 Å². The number of hydrogen-bond donors (Lipinski definition) is 0. The summed E-state index contributed by atoms with van der Waals surface area (Å²) in [5, 5.41) is 2.45. The highest BCUT2D eigenvalue weighted by molar-refractivity contribution is 7.00. The number of rotatable bonds is 5. The minimum atomic E-state index is -0.679. The Bertz CT molecular complexity index is 5900. The first-order valence-corrected chi connectivity index (χ1v) is 33.7. The summed E-state index contributed by atoms with van der Waals surface area (Å²) in [4.78, 5) is 5.43. The Morgan fingerprint density at radius 2 is 0.688 bits per heavy atom. The van der Waals surface area contributed by atoms with E-state index in [-0.39, 0.29) is 6.71 Å². The first-order chi connectivity index (χ1) is 47.7. The summed E-state index contributed by atoms with van der Waals surface area (Å²) in [5.74, 6) is 0. The molecular weight excluding hydrogens is 1160 g/mol. The van der Waals surface area contributed by atoms with Gasteiger partial charge in [-0.25, -0.2) is 0 Å². The third kappa shape index (κ3) is 6.53. The number of hydrogen-bond acceptors (Lipinski definition) is 2. The van der Waals surface area contributed by atoms with Crippen molar-refractivity contribution in [2.24, 2.45) is 0 Å². The number of para-hydroxylation sites is 2. The number of aromatic nitrogens is 1. The second-order valence-corrected chi connectivity index (χ2v) is 26.8. The maximum absolute atomic E-state index is 2.82. The lowest BCUT2D eigenvalue weighted by Crippen LogP contribution is -2.61. The molecule has 22 rings (SSSR count). The first-order valence-electron chi connectivity index (χ1n) is 33.7. The van der Waals surface area contributed by atoms with Crippen LogP contribution in [0.3, 0.4) is 0 Å². The van der Waals surface area contributed by atoms with E-state index < -0.39 is 10.8 Å². The Morgan fingerprint density at radius 3 is 1.26 bits per heavy atom. The molecule has 4 heteroatoms. The van der Waals surface area contributed by atoms with E-state index >= 15 is 0 Å². The van der Waals surface area contributed by atoms with Crippen LogP contribution in [-0.2, 0) is 10.8 Å². The van der Waals surface area contributed by atoms with E-state index in [1.54, 1.807) is 0 Å². The van der Waals surface area contributed by atoms with Crippen LogP contribution in [0.25, 0.3) is 94.3 Å². The zero-order chi connectivity index (χ0) is 62.5. The number of fused-ring (bicyclic) bond motifs is 28. The van der Waals surface area contributed by atoms with Crippen LogP contribution in [0.2, 0.25) is 0 Å². The van der Waals surface area contributed by atoms with Gasteiger partial charge in [-0.2, -0.15) is 0 Å². The van der Waals surface area contributed by atoms with Crippen LogP contribution in [0, 0.1) is 0 Å². The van der Waals surface area contributed by atoms with Crippen LogP contribution in [0.5, 0.6) is 0 Å². The third-order valence-corrected chi connectivity index (χ3v) is 22.6. The molecule has 96 heavy (non-hydrogen) atoms. The summed E-state index contributed by atoms with van der Waals surface area (Å²) in [6, 6.07) is 130. The summed E-state index contributed by atoms with van der Waals surface area (Å²) >= 11 is 0. The lowest BCUT2D eigenvalue weighted by molar-refractivity contribution is 0.791. The molecule has 442 valence electrons. The van der Waals surface area contributed by atoms with Crippen LogP contribution in [0.1, 0.15) is 44.5 Å². The molecule has 6 aliphatic rings. The van der Waals surface area contributed by atoms with Crippen LogP contribution in [0.15, 0.2) is 340 Å². The average molecular weight is 1210 g/mol. The topological polar surface area (TPSA) is 11.4 Å². The molecule has 3 nitrogen and oxygen atoms in total. The second-order valence-electron chi connectivity index (χ2n) is 26.8. The maximum Gasteiger partial charge on any atom is 0.252 e. The molecule has 0 radical (unpaired) electrons. The number of benzene rings is 15. The molecule has 16 aromatic rings. The SMILES string of the molecule is c1ccc(-c2ccc(N3c4ccc(-c5ccccc5)cc4B4c5ccc6c(c5N(c5cccc7c5C5(c8ccccc8-c8ccccc85)c5ccccc5-7)c5cc(-n7c8ccccc8c8ccccc87)cc3c54)-c3ccccc3C63c4ccccc4-c4ccccc43)cc2)cc1. The van der Waals surface area contributed by atoms with Crippen molar-refractivity contribution in [3.8, 4) is 72.4 Å². The third-order valence-electron chi connectivity index (χ3n) is 22.6. The second kappa shape index (κ2) is 19.2. The lowest BCUT2D eigenvalue weighted by Gasteiger charge is -2.46. The van der Waals surface area contributed by atoms with E-state index in [1.165, 1.54) is 144 Å². The van der Waals surface area contributed by atoms with Crippen molar-refractivity contribution in [1.82, 2.24) is 4.57 Å². The molecule has 0 bridgehead atoms. The minimum Gasteiger partial charge on any atom is -0.311 e. The van der Waals surface area contributed by atoms with Crippen molar-refractivity contribution in [2.75, 3.05) is 9.80 Å². The van der Waals surface area contributed by atoms with E-state index in [0.29, 0.717) is 0 Å². The molecule has 0 amide bonds. The highest BCUT2D eigenvalue weighted by atomic mass is 15.2. The normalized spacial score (nSPS) is 14.4. The van der Waals surface area contributed by atoms with Crippen LogP contribution >= 0.6 is 0 Å². The predicted octanol–water partition coefficient (Wildman–Crippen LogP) is 20.9. The van der Waals surface area contributed by atoms with Crippen molar-refractivity contribution >= 4 is 79.0 Å². The largest absolute Gasteiger partial charge is 0.311 e. The van der Waals surface area contributed by atoms with Crippen LogP contribution < -0.4 is 26.2 Å². The molecular formula is C92H56BN3. The highest BCUT2D eigenvalue weighted by Gasteiger charge is 2.57. The Kier molecular flexibility index (Phi) is 10.5. The van der Waals surface area contributed by atoms with Crippen molar-refractivity contribution in [1.29, 1.82) is 0 Å². The summed E-state index contributed by atoms with van der Waals surface area (Å²) in [5.41, 5.74) is 38.4. The van der Waals surface area contributed by atoms with Gasteiger partial charge in [-0.3, -0.25) is 0 Å². The van der Waals surface area contributed by atoms with Crippen molar-refractivity contribution in [2.45, 2.75) is 10.8 Å². The molecule has 0 N–H and O–H groups in total. The summed E-state index contributed by atoms with van der Waals surface area (Å²) in [6.07, 6.45) is 0. The Hall–Kier alpha value is -12.2. The molecule has 0 atom stereocenters. The van der Waals surface area contributed by atoms with Crippen molar-refractivity contribution in [3.63, 3.8) is 0 Å².